The average molecular weight is 258 g/mol. The fourth-order valence-electron chi connectivity index (χ4n) is 1.50. The van der Waals surface area contributed by atoms with Crippen LogP contribution < -0.4 is 0 Å². The van der Waals surface area contributed by atoms with E-state index in [0.29, 0.717) is 5.56 Å². The van der Waals surface area contributed by atoms with Gasteiger partial charge >= 0.3 is 5.97 Å². The summed E-state index contributed by atoms with van der Waals surface area (Å²) in [6, 6.07) is 12.7. The first-order chi connectivity index (χ1) is 8.68. The van der Waals surface area contributed by atoms with Crippen LogP contribution in [0.5, 0.6) is 11.5 Å². The summed E-state index contributed by atoms with van der Waals surface area (Å²) in [6.45, 7) is -0.0418. The molecule has 0 unspecified atom stereocenters. The summed E-state index contributed by atoms with van der Waals surface area (Å²) in [5.74, 6) is -0.682. The predicted octanol–water partition coefficient (Wildman–Crippen LogP) is 1.27. The van der Waals surface area contributed by atoms with E-state index in [-0.39, 0.29) is 32.1 Å². The van der Waals surface area contributed by atoms with Gasteiger partial charge in [0.1, 0.15) is 23.7 Å². The predicted molar refractivity (Wildman–Crippen MR) is 75.3 cm³/mol. The molecule has 0 aliphatic heterocycles. The molecule has 2 N–H and O–H groups in total. The fourth-order valence-corrected chi connectivity index (χ4v) is 1.50. The Morgan fingerprint density at radius 3 is 2.16 bits per heavy atom. The third-order valence-corrected chi connectivity index (χ3v) is 2.47. The molecule has 4 nitrogen and oxygen atoms in total. The first-order valence-electron chi connectivity index (χ1n) is 5.40. The number of phenolic OH excluding ortho intramolecular Hbond substituents is 2. The molecule has 0 amide bonds. The van der Waals surface area contributed by atoms with Gasteiger partial charge in [0.25, 0.3) is 0 Å². The van der Waals surface area contributed by atoms with Crippen molar-refractivity contribution in [2.75, 3.05) is 0 Å². The number of hydrogen-bond donors (Lipinski definition) is 2. The van der Waals surface area contributed by atoms with Crippen molar-refractivity contribution in [3.63, 3.8) is 0 Å². The lowest BCUT2D eigenvalue weighted by molar-refractivity contribution is 0.0467. The van der Waals surface area contributed by atoms with E-state index in [9.17, 15) is 15.0 Å². The maximum atomic E-state index is 11.7. The molecular formula is C14H15BO4. The van der Waals surface area contributed by atoms with Gasteiger partial charge < -0.3 is 14.9 Å². The van der Waals surface area contributed by atoms with Gasteiger partial charge in [-0.25, -0.2) is 4.79 Å². The van der Waals surface area contributed by atoms with Crippen LogP contribution in [0.1, 0.15) is 15.9 Å². The molecule has 0 aromatic heterocycles. The molecule has 19 heavy (non-hydrogen) atoms. The zero-order valence-corrected chi connectivity index (χ0v) is 9.54. The highest BCUT2D eigenvalue weighted by molar-refractivity contribution is 5.92. The number of hydrogen-bond acceptors (Lipinski definition) is 4. The zero-order valence-electron chi connectivity index (χ0n) is 9.54. The second-order valence-electron chi connectivity index (χ2n) is 3.72. The lowest BCUT2D eigenvalue weighted by Crippen LogP contribution is -2.05. The van der Waals surface area contributed by atoms with Crippen molar-refractivity contribution in [2.24, 2.45) is 0 Å². The molecule has 0 aliphatic carbocycles. The van der Waals surface area contributed by atoms with E-state index in [1.165, 1.54) is 18.2 Å². The summed E-state index contributed by atoms with van der Waals surface area (Å²) >= 11 is 0. The van der Waals surface area contributed by atoms with Gasteiger partial charge in [0.15, 0.2) is 0 Å². The Labute approximate surface area is 112 Å². The van der Waals surface area contributed by atoms with Gasteiger partial charge in [-0.3, -0.25) is 0 Å². The van der Waals surface area contributed by atoms with Crippen molar-refractivity contribution in [3.8, 4) is 11.5 Å². The third-order valence-electron chi connectivity index (χ3n) is 2.47. The number of esters is 1. The van der Waals surface area contributed by atoms with Crippen molar-refractivity contribution < 1.29 is 19.7 Å². The van der Waals surface area contributed by atoms with Gasteiger partial charge in [0.2, 0.25) is 0 Å². The Morgan fingerprint density at radius 2 is 1.53 bits per heavy atom. The van der Waals surface area contributed by atoms with Gasteiger partial charge in [-0.15, -0.1) is 0 Å². The summed E-state index contributed by atoms with van der Waals surface area (Å²) in [5.41, 5.74) is 0.620. The van der Waals surface area contributed by atoms with E-state index < -0.39 is 5.97 Å². The van der Waals surface area contributed by atoms with Crippen LogP contribution in [-0.4, -0.2) is 24.6 Å². The molecule has 2 rings (SSSR count). The van der Waals surface area contributed by atoms with Crippen molar-refractivity contribution in [2.45, 2.75) is 6.61 Å². The summed E-state index contributed by atoms with van der Waals surface area (Å²) in [7, 11) is 0. The third kappa shape index (κ3) is 3.52. The van der Waals surface area contributed by atoms with E-state index in [1.54, 1.807) is 30.3 Å². The molecule has 2 aromatic rings. The van der Waals surface area contributed by atoms with E-state index >= 15 is 0 Å². The number of benzene rings is 2. The van der Waals surface area contributed by atoms with Gasteiger partial charge in [-0.1, -0.05) is 30.3 Å². The molecule has 0 saturated carbocycles. The minimum atomic E-state index is -0.628. The minimum Gasteiger partial charge on any atom is -0.508 e. The molecular weight excluding hydrogens is 243 g/mol. The number of phenols is 2. The molecule has 0 fully saturated rings. The lowest BCUT2D eigenvalue weighted by atomic mass is 10.2. The molecule has 98 valence electrons. The first-order valence-corrected chi connectivity index (χ1v) is 5.40. The normalized spacial score (nSPS) is 9.47. The van der Waals surface area contributed by atoms with Crippen LogP contribution in [0, 0.1) is 0 Å². The van der Waals surface area contributed by atoms with Crippen LogP contribution in [0.3, 0.4) is 0 Å². The lowest BCUT2D eigenvalue weighted by Gasteiger charge is -2.07. The molecule has 0 aliphatic rings. The van der Waals surface area contributed by atoms with Crippen LogP contribution in [0.25, 0.3) is 0 Å². The summed E-state index contributed by atoms with van der Waals surface area (Å²) in [4.78, 5) is 11.7. The Kier molecular flexibility index (Phi) is 5.00. The number of aromatic hydroxyl groups is 2. The van der Waals surface area contributed by atoms with Crippen LogP contribution in [0.4, 0.5) is 0 Å². The molecule has 0 spiro atoms. The number of ether oxygens (including phenoxy) is 1. The second kappa shape index (κ2) is 6.49. The zero-order chi connectivity index (χ0) is 13.0. The highest BCUT2D eigenvalue weighted by Crippen LogP contribution is 2.20. The Balaban J connectivity index is 0.00000180. The smallest absolute Gasteiger partial charge is 0.342 e. The van der Waals surface area contributed by atoms with Gasteiger partial charge in [-0.2, -0.15) is 0 Å². The second-order valence-corrected chi connectivity index (χ2v) is 3.72. The Bertz CT molecular complexity index is 569. The molecule has 5 heteroatoms. The highest BCUT2D eigenvalue weighted by Gasteiger charge is 2.12. The van der Waals surface area contributed by atoms with E-state index in [1.807, 2.05) is 0 Å². The maximum absolute atomic E-state index is 11.7. The minimum absolute atomic E-state index is 0. The molecule has 2 aromatic carbocycles. The SMILES string of the molecule is B.O=C(OCc1ccccc1O)c1ccccc1O. The van der Waals surface area contributed by atoms with Crippen molar-refractivity contribution in [3.05, 3.63) is 59.7 Å². The van der Waals surface area contributed by atoms with Gasteiger partial charge in [0, 0.05) is 5.56 Å². The standard InChI is InChI=1S/C14H12O4.BH3/c15-12-7-3-1-5-10(12)9-18-14(17)11-6-2-4-8-13(11)16;/h1-8,15-16H,9H2;1H3. The van der Waals surface area contributed by atoms with E-state index in [4.69, 9.17) is 4.74 Å². The van der Waals surface area contributed by atoms with Crippen molar-refractivity contribution in [1.29, 1.82) is 0 Å². The number of para-hydroxylation sites is 2. The summed E-state index contributed by atoms with van der Waals surface area (Å²) in [6.07, 6.45) is 0. The van der Waals surface area contributed by atoms with Gasteiger partial charge in [-0.05, 0) is 18.2 Å². The van der Waals surface area contributed by atoms with Gasteiger partial charge in [0.05, 0.1) is 8.41 Å². The van der Waals surface area contributed by atoms with Crippen LogP contribution in [-0.2, 0) is 11.3 Å². The first kappa shape index (κ1) is 14.6. The average Bonchev–Trinajstić information content (AvgIpc) is 2.38. The van der Waals surface area contributed by atoms with E-state index in [0.717, 1.165) is 0 Å². The van der Waals surface area contributed by atoms with Crippen molar-refractivity contribution >= 4 is 14.4 Å². The summed E-state index contributed by atoms with van der Waals surface area (Å²) < 4.78 is 5.02. The number of carbonyl (C=O) groups is 1. The number of rotatable bonds is 3. The molecule has 0 atom stereocenters. The van der Waals surface area contributed by atoms with Crippen LogP contribution in [0.15, 0.2) is 48.5 Å². The molecule has 0 saturated heterocycles. The Hall–Kier alpha value is -2.43. The molecule has 0 bridgehead atoms. The fraction of sp³-hybridized carbons (Fsp3) is 0.0714. The maximum Gasteiger partial charge on any atom is 0.342 e. The number of carbonyl (C=O) groups excluding carboxylic acids is 1. The largest absolute Gasteiger partial charge is 0.508 e. The summed E-state index contributed by atoms with van der Waals surface area (Å²) in [5, 5.41) is 19.0. The topological polar surface area (TPSA) is 66.8 Å². The highest BCUT2D eigenvalue weighted by atomic mass is 16.5. The Morgan fingerprint density at radius 1 is 0.947 bits per heavy atom. The van der Waals surface area contributed by atoms with E-state index in [2.05, 4.69) is 0 Å². The van der Waals surface area contributed by atoms with Crippen LogP contribution >= 0.6 is 0 Å². The van der Waals surface area contributed by atoms with Crippen molar-refractivity contribution in [1.82, 2.24) is 0 Å². The monoisotopic (exact) mass is 258 g/mol. The molecule has 0 heterocycles. The quantitative estimate of drug-likeness (QED) is 0.642. The van der Waals surface area contributed by atoms with Crippen LogP contribution in [0.2, 0.25) is 0 Å². The molecule has 0 radical (unpaired) electrons.